The van der Waals surface area contributed by atoms with E-state index in [9.17, 15) is 21.6 Å². The van der Waals surface area contributed by atoms with Crippen LogP contribution in [0.1, 0.15) is 37.7 Å². The molecule has 0 bridgehead atoms. The van der Waals surface area contributed by atoms with Gasteiger partial charge in [0, 0.05) is 36.6 Å². The molecule has 0 unspecified atom stereocenters. The molecule has 2 atom stereocenters. The highest BCUT2D eigenvalue weighted by atomic mass is 32.2. The van der Waals surface area contributed by atoms with Crippen LogP contribution in [0.25, 0.3) is 11.3 Å². The van der Waals surface area contributed by atoms with Gasteiger partial charge in [-0.25, -0.2) is 26.3 Å². The minimum atomic E-state index is -3.50. The van der Waals surface area contributed by atoms with E-state index in [0.717, 1.165) is 6.07 Å². The summed E-state index contributed by atoms with van der Waals surface area (Å²) in [6, 6.07) is 8.61. The molecule has 2 aromatic rings. The SMILES string of the molecule is N#Cc1cnc(-c2ccc(OC[C@@H]3CC(F)(F)CC[C@@H]3NS(=O)(=O)C3CC3)cc2)c(F)c1. The highest BCUT2D eigenvalue weighted by Gasteiger charge is 2.45. The van der Waals surface area contributed by atoms with E-state index in [1.54, 1.807) is 24.3 Å². The standard InChI is InChI=1S/C22H22F3N3O3S/c23-19-9-14(11-26)12-27-21(19)15-1-3-17(4-2-15)31-13-16-10-22(24,25)8-7-20(16)28-32(29,30)18-5-6-18/h1-4,9,12,16,18,20,28H,5-8,10,13H2/t16-,20-/m0/s1. The number of nitrogens with one attached hydrogen (secondary N) is 1. The maximum absolute atomic E-state index is 14.2. The van der Waals surface area contributed by atoms with Crippen LogP contribution < -0.4 is 9.46 Å². The van der Waals surface area contributed by atoms with Crippen LogP contribution in [0.5, 0.6) is 5.75 Å². The summed E-state index contributed by atoms with van der Waals surface area (Å²) in [6.07, 6.45) is 1.70. The molecule has 1 aromatic carbocycles. The molecule has 10 heteroatoms. The fraction of sp³-hybridized carbons (Fsp3) is 0.455. The molecule has 2 aliphatic rings. The van der Waals surface area contributed by atoms with E-state index >= 15 is 0 Å². The first kappa shape index (κ1) is 22.6. The quantitative estimate of drug-likeness (QED) is 0.667. The van der Waals surface area contributed by atoms with Gasteiger partial charge in [-0.3, -0.25) is 4.98 Å². The maximum atomic E-state index is 14.2. The number of hydrogen-bond acceptors (Lipinski definition) is 5. The predicted octanol–water partition coefficient (Wildman–Crippen LogP) is 4.02. The molecule has 0 saturated heterocycles. The van der Waals surface area contributed by atoms with Crippen LogP contribution in [-0.2, 0) is 10.0 Å². The van der Waals surface area contributed by atoms with E-state index in [1.165, 1.54) is 6.20 Å². The molecule has 1 N–H and O–H groups in total. The number of nitriles is 1. The van der Waals surface area contributed by atoms with Crippen molar-refractivity contribution < 1.29 is 26.3 Å². The summed E-state index contributed by atoms with van der Waals surface area (Å²) in [4.78, 5) is 3.96. The minimum Gasteiger partial charge on any atom is -0.493 e. The van der Waals surface area contributed by atoms with E-state index in [-0.39, 0.29) is 30.7 Å². The molecule has 32 heavy (non-hydrogen) atoms. The van der Waals surface area contributed by atoms with Gasteiger partial charge in [0.25, 0.3) is 0 Å². The monoisotopic (exact) mass is 465 g/mol. The number of benzene rings is 1. The third-order valence-electron chi connectivity index (χ3n) is 5.79. The van der Waals surface area contributed by atoms with Gasteiger partial charge in [0.15, 0.2) is 5.82 Å². The van der Waals surface area contributed by atoms with Crippen molar-refractivity contribution in [3.05, 3.63) is 47.9 Å². The summed E-state index contributed by atoms with van der Waals surface area (Å²) < 4.78 is 75.0. The zero-order valence-corrected chi connectivity index (χ0v) is 17.9. The second kappa shape index (κ2) is 8.71. The molecule has 170 valence electrons. The minimum absolute atomic E-state index is 0.0511. The van der Waals surface area contributed by atoms with Gasteiger partial charge in [-0.05, 0) is 49.6 Å². The summed E-state index contributed by atoms with van der Waals surface area (Å²) in [5.41, 5.74) is 0.665. The highest BCUT2D eigenvalue weighted by molar-refractivity contribution is 7.90. The first-order valence-corrected chi connectivity index (χ1v) is 11.9. The summed E-state index contributed by atoms with van der Waals surface area (Å²) in [5.74, 6) is -3.78. The number of ether oxygens (including phenoxy) is 1. The molecule has 6 nitrogen and oxygen atoms in total. The van der Waals surface area contributed by atoms with Crippen LogP contribution in [-0.4, -0.2) is 37.2 Å². The molecular formula is C22H22F3N3O3S. The van der Waals surface area contributed by atoms with Crippen molar-refractivity contribution in [3.63, 3.8) is 0 Å². The van der Waals surface area contributed by atoms with Gasteiger partial charge in [0.1, 0.15) is 17.5 Å². The topological polar surface area (TPSA) is 92.1 Å². The van der Waals surface area contributed by atoms with Crippen LogP contribution in [0.4, 0.5) is 13.2 Å². The number of halogens is 3. The second-order valence-electron chi connectivity index (χ2n) is 8.33. The number of sulfonamides is 1. The number of hydrogen-bond donors (Lipinski definition) is 1. The van der Waals surface area contributed by atoms with Crippen LogP contribution in [0.15, 0.2) is 36.5 Å². The predicted molar refractivity (Wildman–Crippen MR) is 111 cm³/mol. The summed E-state index contributed by atoms with van der Waals surface area (Å²) in [6.45, 7) is -0.0731. The molecule has 1 aromatic heterocycles. The van der Waals surface area contributed by atoms with Crippen LogP contribution in [0, 0.1) is 23.1 Å². The fourth-order valence-corrected chi connectivity index (χ4v) is 5.55. The van der Waals surface area contributed by atoms with Crippen molar-refractivity contribution in [1.29, 1.82) is 5.26 Å². The molecule has 0 aliphatic heterocycles. The van der Waals surface area contributed by atoms with E-state index < -0.39 is 45.4 Å². The van der Waals surface area contributed by atoms with Gasteiger partial charge < -0.3 is 4.74 Å². The van der Waals surface area contributed by atoms with Crippen LogP contribution in [0.2, 0.25) is 0 Å². The van der Waals surface area contributed by atoms with E-state index in [4.69, 9.17) is 10.00 Å². The summed E-state index contributed by atoms with van der Waals surface area (Å²) in [5, 5.41) is 8.39. The van der Waals surface area contributed by atoms with E-state index in [1.807, 2.05) is 6.07 Å². The molecule has 0 radical (unpaired) electrons. The van der Waals surface area contributed by atoms with Gasteiger partial charge in [0.05, 0.1) is 17.4 Å². The van der Waals surface area contributed by atoms with Gasteiger partial charge >= 0.3 is 0 Å². The Kier molecular flexibility index (Phi) is 6.14. The lowest BCUT2D eigenvalue weighted by Gasteiger charge is -2.36. The third kappa shape index (κ3) is 5.22. The summed E-state index contributed by atoms with van der Waals surface area (Å²) >= 11 is 0. The van der Waals surface area contributed by atoms with Crippen LogP contribution >= 0.6 is 0 Å². The Morgan fingerprint density at radius 1 is 1.22 bits per heavy atom. The Bertz CT molecular complexity index is 1130. The average Bonchev–Trinajstić information content (AvgIpc) is 3.60. The molecular weight excluding hydrogens is 443 g/mol. The Morgan fingerprint density at radius 2 is 1.94 bits per heavy atom. The normalized spacial score (nSPS) is 22.8. The zero-order chi connectivity index (χ0) is 22.9. The smallest absolute Gasteiger partial charge is 0.248 e. The molecule has 2 saturated carbocycles. The maximum Gasteiger partial charge on any atom is 0.248 e. The summed E-state index contributed by atoms with van der Waals surface area (Å²) in [7, 11) is -3.50. The Balaban J connectivity index is 1.43. The molecule has 1 heterocycles. The van der Waals surface area contributed by atoms with Gasteiger partial charge in [-0.15, -0.1) is 0 Å². The van der Waals surface area contributed by atoms with Gasteiger partial charge in [-0.2, -0.15) is 5.26 Å². The number of nitrogens with zero attached hydrogens (tertiary/aromatic N) is 2. The number of aromatic nitrogens is 1. The van der Waals surface area contributed by atoms with Crippen molar-refractivity contribution >= 4 is 10.0 Å². The lowest BCUT2D eigenvalue weighted by Crippen LogP contribution is -2.49. The number of alkyl halides is 2. The van der Waals surface area contributed by atoms with Crippen molar-refractivity contribution in [2.75, 3.05) is 6.61 Å². The van der Waals surface area contributed by atoms with E-state index in [2.05, 4.69) is 9.71 Å². The van der Waals surface area contributed by atoms with Crippen molar-refractivity contribution in [2.45, 2.75) is 49.3 Å². The number of rotatable bonds is 7. The lowest BCUT2D eigenvalue weighted by molar-refractivity contribution is -0.0661. The molecule has 2 fully saturated rings. The highest BCUT2D eigenvalue weighted by Crippen LogP contribution is 2.38. The lowest BCUT2D eigenvalue weighted by atomic mass is 9.83. The van der Waals surface area contributed by atoms with Gasteiger partial charge in [0.2, 0.25) is 15.9 Å². The molecule has 4 rings (SSSR count). The first-order valence-electron chi connectivity index (χ1n) is 10.3. The van der Waals surface area contributed by atoms with Crippen molar-refractivity contribution in [1.82, 2.24) is 9.71 Å². The zero-order valence-electron chi connectivity index (χ0n) is 17.1. The van der Waals surface area contributed by atoms with Crippen molar-refractivity contribution in [3.8, 4) is 23.1 Å². The molecule has 0 spiro atoms. The molecule has 0 amide bonds. The Hall–Kier alpha value is -2.64. The largest absolute Gasteiger partial charge is 0.493 e. The first-order chi connectivity index (χ1) is 15.2. The second-order valence-corrected chi connectivity index (χ2v) is 10.3. The Labute approximate surface area is 184 Å². The van der Waals surface area contributed by atoms with Gasteiger partial charge in [-0.1, -0.05) is 0 Å². The van der Waals surface area contributed by atoms with Crippen molar-refractivity contribution in [2.24, 2.45) is 5.92 Å². The average molecular weight is 465 g/mol. The van der Waals surface area contributed by atoms with Crippen LogP contribution in [0.3, 0.4) is 0 Å². The third-order valence-corrected chi connectivity index (χ3v) is 7.77. The van der Waals surface area contributed by atoms with E-state index in [0.29, 0.717) is 24.2 Å². The number of pyridine rings is 1. The Morgan fingerprint density at radius 3 is 2.56 bits per heavy atom. The molecule has 2 aliphatic carbocycles. The fourth-order valence-electron chi connectivity index (χ4n) is 3.87.